The van der Waals surface area contributed by atoms with Gasteiger partial charge in [-0.15, -0.1) is 0 Å². The first kappa shape index (κ1) is 16.8. The molecule has 0 saturated carbocycles. The van der Waals surface area contributed by atoms with Gasteiger partial charge in [-0.25, -0.2) is 0 Å². The Morgan fingerprint density at radius 1 is 1.04 bits per heavy atom. The van der Waals surface area contributed by atoms with E-state index in [0.717, 1.165) is 17.7 Å². The fraction of sp³-hybridized carbons (Fsp3) is 0.409. The number of fused-ring (bicyclic) bond motifs is 1. The zero-order valence-electron chi connectivity index (χ0n) is 15.4. The van der Waals surface area contributed by atoms with Gasteiger partial charge in [-0.05, 0) is 47.6 Å². The van der Waals surface area contributed by atoms with E-state index in [2.05, 4.69) is 76.0 Å². The van der Waals surface area contributed by atoms with Gasteiger partial charge in [-0.2, -0.15) is 0 Å². The third kappa shape index (κ3) is 3.38. The average molecular weight is 321 g/mol. The van der Waals surface area contributed by atoms with Crippen LogP contribution in [0.3, 0.4) is 0 Å². The van der Waals surface area contributed by atoms with Gasteiger partial charge < -0.3 is 4.74 Å². The number of benzene rings is 2. The van der Waals surface area contributed by atoms with E-state index >= 15 is 0 Å². The smallest absolute Gasteiger partial charge is 0.125 e. The molecule has 2 heteroatoms. The molecular weight excluding hydrogens is 294 g/mol. The molecule has 2 aromatic carbocycles. The molecule has 1 heterocycles. The van der Waals surface area contributed by atoms with Crippen LogP contribution in [0.2, 0.25) is 0 Å². The summed E-state index contributed by atoms with van der Waals surface area (Å²) in [6.07, 6.45) is 3.00. The summed E-state index contributed by atoms with van der Waals surface area (Å²) in [5.41, 5.74) is 6.37. The molecule has 0 bridgehead atoms. The Balaban J connectivity index is 2.06. The van der Waals surface area contributed by atoms with Gasteiger partial charge in [-0.1, -0.05) is 51.1 Å². The third-order valence-electron chi connectivity index (χ3n) is 4.78. The first-order valence-electron chi connectivity index (χ1n) is 8.71. The fourth-order valence-electron chi connectivity index (χ4n) is 3.29. The summed E-state index contributed by atoms with van der Waals surface area (Å²) in [5.74, 6) is 0.979. The minimum atomic E-state index is 0.0786. The van der Waals surface area contributed by atoms with E-state index in [4.69, 9.17) is 4.74 Å². The highest BCUT2D eigenvalue weighted by atomic mass is 16.5. The van der Waals surface area contributed by atoms with Crippen molar-refractivity contribution in [1.82, 2.24) is 0 Å². The predicted octanol–water partition coefficient (Wildman–Crippen LogP) is 5.74. The van der Waals surface area contributed by atoms with Crippen LogP contribution in [0.4, 0.5) is 0 Å². The molecule has 2 aromatic rings. The van der Waals surface area contributed by atoms with Gasteiger partial charge in [0.25, 0.3) is 0 Å². The summed E-state index contributed by atoms with van der Waals surface area (Å²) in [6.45, 7) is 11.7. The summed E-state index contributed by atoms with van der Waals surface area (Å²) in [4.78, 5) is 4.57. The Labute approximate surface area is 145 Å². The van der Waals surface area contributed by atoms with E-state index in [1.165, 1.54) is 22.3 Å². The Hall–Kier alpha value is -2.09. The molecule has 0 saturated heterocycles. The highest BCUT2D eigenvalue weighted by molar-refractivity contribution is 5.72. The van der Waals surface area contributed by atoms with Crippen molar-refractivity contribution < 1.29 is 4.74 Å². The summed E-state index contributed by atoms with van der Waals surface area (Å²) in [7, 11) is 0. The molecule has 0 aromatic heterocycles. The summed E-state index contributed by atoms with van der Waals surface area (Å²) in [5, 5.41) is 0. The molecule has 3 rings (SSSR count). The molecule has 0 N–H and O–H groups in total. The average Bonchev–Trinajstić information content (AvgIpc) is 2.47. The predicted molar refractivity (Wildman–Crippen MR) is 102 cm³/mol. The van der Waals surface area contributed by atoms with Crippen molar-refractivity contribution in [3.05, 3.63) is 53.1 Å². The molecule has 24 heavy (non-hydrogen) atoms. The molecule has 1 aliphatic rings. The van der Waals surface area contributed by atoms with E-state index in [1.807, 2.05) is 6.21 Å². The molecule has 1 unspecified atom stereocenters. The number of rotatable bonds is 1. The van der Waals surface area contributed by atoms with E-state index in [-0.39, 0.29) is 11.5 Å². The van der Waals surface area contributed by atoms with Gasteiger partial charge in [0, 0.05) is 18.2 Å². The Morgan fingerprint density at radius 2 is 1.75 bits per heavy atom. The van der Waals surface area contributed by atoms with Crippen LogP contribution in [0.25, 0.3) is 11.1 Å². The second-order valence-corrected chi connectivity index (χ2v) is 7.82. The third-order valence-corrected chi connectivity index (χ3v) is 4.78. The van der Waals surface area contributed by atoms with Crippen molar-refractivity contribution >= 4 is 6.21 Å². The van der Waals surface area contributed by atoms with Gasteiger partial charge in [0.1, 0.15) is 11.9 Å². The van der Waals surface area contributed by atoms with Crippen LogP contribution in [0, 0.1) is 19.3 Å². The fourth-order valence-corrected chi connectivity index (χ4v) is 3.29. The molecule has 0 radical (unpaired) electrons. The lowest BCUT2D eigenvalue weighted by Crippen LogP contribution is -2.33. The topological polar surface area (TPSA) is 21.6 Å². The van der Waals surface area contributed by atoms with Gasteiger partial charge in [0.05, 0.1) is 6.54 Å². The number of nitrogens with zero attached hydrogens (tertiary/aromatic N) is 1. The molecule has 0 aliphatic carbocycles. The zero-order chi connectivity index (χ0) is 17.3. The van der Waals surface area contributed by atoms with Crippen molar-refractivity contribution in [2.45, 2.75) is 53.7 Å². The standard InChI is InChI=1S/C22H27NO/c1-15-7-6-8-16(2)21(15)17-9-10-18-14-23-12-11-20(22(3,4)5)24-19(18)13-17/h6-10,12-13,20H,11,14H2,1-5H3. The van der Waals surface area contributed by atoms with Crippen molar-refractivity contribution in [1.29, 1.82) is 0 Å². The maximum atomic E-state index is 6.45. The zero-order valence-corrected chi connectivity index (χ0v) is 15.4. The summed E-state index contributed by atoms with van der Waals surface area (Å²) >= 11 is 0. The first-order valence-corrected chi connectivity index (χ1v) is 8.71. The minimum Gasteiger partial charge on any atom is -0.489 e. The monoisotopic (exact) mass is 321 g/mol. The number of hydrogen-bond acceptors (Lipinski definition) is 2. The first-order chi connectivity index (χ1) is 11.4. The van der Waals surface area contributed by atoms with Gasteiger partial charge in [-0.3, -0.25) is 4.99 Å². The maximum absolute atomic E-state index is 6.45. The minimum absolute atomic E-state index is 0.0786. The number of aryl methyl sites for hydroxylation is 2. The van der Waals surface area contributed by atoms with Crippen LogP contribution in [0.5, 0.6) is 5.75 Å². The number of aliphatic imine (C=N–C) groups is 1. The van der Waals surface area contributed by atoms with Crippen molar-refractivity contribution in [3.63, 3.8) is 0 Å². The lowest BCUT2D eigenvalue weighted by Gasteiger charge is -2.32. The lowest BCUT2D eigenvalue weighted by atomic mass is 9.87. The second kappa shape index (κ2) is 6.43. The van der Waals surface area contributed by atoms with Gasteiger partial charge in [0.2, 0.25) is 0 Å². The van der Waals surface area contributed by atoms with Crippen LogP contribution in [-0.4, -0.2) is 12.3 Å². The molecule has 1 aliphatic heterocycles. The highest BCUT2D eigenvalue weighted by Crippen LogP contribution is 2.35. The van der Waals surface area contributed by atoms with E-state index in [0.29, 0.717) is 6.54 Å². The van der Waals surface area contributed by atoms with Crippen molar-refractivity contribution in [2.24, 2.45) is 10.4 Å². The van der Waals surface area contributed by atoms with E-state index < -0.39 is 0 Å². The Bertz CT molecular complexity index is 748. The summed E-state index contributed by atoms with van der Waals surface area (Å²) < 4.78 is 6.45. The second-order valence-electron chi connectivity index (χ2n) is 7.82. The quantitative estimate of drug-likeness (QED) is 0.656. The van der Waals surface area contributed by atoms with Crippen LogP contribution in [0.1, 0.15) is 43.9 Å². The molecule has 0 amide bonds. The maximum Gasteiger partial charge on any atom is 0.125 e. The largest absolute Gasteiger partial charge is 0.489 e. The SMILES string of the molecule is Cc1cccc(C)c1-c1ccc2c(c1)OC(C(C)(C)C)CC=NC2. The molecule has 126 valence electrons. The van der Waals surface area contributed by atoms with Crippen LogP contribution in [-0.2, 0) is 6.54 Å². The molecule has 0 spiro atoms. The van der Waals surface area contributed by atoms with Crippen LogP contribution < -0.4 is 4.74 Å². The molecule has 2 nitrogen and oxygen atoms in total. The highest BCUT2D eigenvalue weighted by Gasteiger charge is 2.27. The normalized spacial score (nSPS) is 17.6. The van der Waals surface area contributed by atoms with Crippen LogP contribution >= 0.6 is 0 Å². The van der Waals surface area contributed by atoms with Gasteiger partial charge in [0.15, 0.2) is 0 Å². The van der Waals surface area contributed by atoms with Crippen molar-refractivity contribution in [3.8, 4) is 16.9 Å². The van der Waals surface area contributed by atoms with E-state index in [9.17, 15) is 0 Å². The van der Waals surface area contributed by atoms with Crippen molar-refractivity contribution in [2.75, 3.05) is 0 Å². The Kier molecular flexibility index (Phi) is 4.49. The molecule has 0 fully saturated rings. The molecule has 1 atom stereocenters. The van der Waals surface area contributed by atoms with E-state index in [1.54, 1.807) is 0 Å². The number of ether oxygens (including phenoxy) is 1. The lowest BCUT2D eigenvalue weighted by molar-refractivity contribution is 0.0922. The Morgan fingerprint density at radius 3 is 2.42 bits per heavy atom. The number of hydrogen-bond donors (Lipinski definition) is 0. The van der Waals surface area contributed by atoms with Crippen LogP contribution in [0.15, 0.2) is 41.4 Å². The summed E-state index contributed by atoms with van der Waals surface area (Å²) in [6, 6.07) is 13.0. The molecular formula is C22H27NO. The van der Waals surface area contributed by atoms with Gasteiger partial charge >= 0.3 is 0 Å².